The molecule has 1 aromatic heterocycles. The molecule has 0 atom stereocenters. The highest BCUT2D eigenvalue weighted by atomic mass is 16.2. The summed E-state index contributed by atoms with van der Waals surface area (Å²) in [5.74, 6) is -0.160. The topological polar surface area (TPSA) is 76.2 Å². The molecular weight excluding hydrogens is 230 g/mol. The van der Waals surface area contributed by atoms with Gasteiger partial charge in [-0.25, -0.2) is 0 Å². The molecule has 0 saturated heterocycles. The summed E-state index contributed by atoms with van der Waals surface area (Å²) < 4.78 is 1.50. The minimum absolute atomic E-state index is 0.160. The second-order valence-electron chi connectivity index (χ2n) is 4.21. The van der Waals surface area contributed by atoms with Crippen molar-refractivity contribution in [2.24, 2.45) is 7.05 Å². The molecule has 1 amide bonds. The zero-order chi connectivity index (χ0) is 13.5. The van der Waals surface area contributed by atoms with E-state index in [-0.39, 0.29) is 5.91 Å². The van der Waals surface area contributed by atoms with Gasteiger partial charge in [0.15, 0.2) is 0 Å². The molecule has 0 aliphatic rings. The summed E-state index contributed by atoms with van der Waals surface area (Å²) in [5, 5.41) is 6.81. The van der Waals surface area contributed by atoms with Crippen LogP contribution < -0.4 is 11.1 Å². The van der Waals surface area contributed by atoms with E-state index in [0.717, 1.165) is 26.1 Å². The van der Waals surface area contributed by atoms with Gasteiger partial charge in [-0.05, 0) is 26.1 Å². The fourth-order valence-corrected chi connectivity index (χ4v) is 1.86. The predicted octanol–water partition coefficient (Wildman–Crippen LogP) is 0.464. The van der Waals surface area contributed by atoms with Crippen LogP contribution in [-0.2, 0) is 7.05 Å². The van der Waals surface area contributed by atoms with Gasteiger partial charge in [-0.3, -0.25) is 9.48 Å². The highest BCUT2D eigenvalue weighted by molar-refractivity contribution is 5.97. The lowest BCUT2D eigenvalue weighted by Crippen LogP contribution is -2.31. The highest BCUT2D eigenvalue weighted by Gasteiger charge is 2.13. The fraction of sp³-hybridized carbons (Fsp3) is 0.667. The van der Waals surface area contributed by atoms with E-state index in [0.29, 0.717) is 17.9 Å². The number of rotatable bonds is 7. The Morgan fingerprint density at radius 3 is 2.67 bits per heavy atom. The number of nitrogens with zero attached hydrogens (tertiary/aromatic N) is 3. The van der Waals surface area contributed by atoms with Crippen LogP contribution in [0.1, 0.15) is 30.8 Å². The van der Waals surface area contributed by atoms with Gasteiger partial charge in [0.25, 0.3) is 5.91 Å². The Kier molecular flexibility index (Phi) is 5.64. The Morgan fingerprint density at radius 2 is 2.17 bits per heavy atom. The van der Waals surface area contributed by atoms with Crippen LogP contribution in [0.5, 0.6) is 0 Å². The third-order valence-electron chi connectivity index (χ3n) is 3.01. The summed E-state index contributed by atoms with van der Waals surface area (Å²) >= 11 is 0. The molecule has 3 N–H and O–H groups in total. The van der Waals surface area contributed by atoms with Gasteiger partial charge in [0, 0.05) is 13.6 Å². The van der Waals surface area contributed by atoms with Crippen molar-refractivity contribution in [1.29, 1.82) is 0 Å². The Bertz CT molecular complexity index is 364. The van der Waals surface area contributed by atoms with Crippen molar-refractivity contribution in [3.05, 3.63) is 11.9 Å². The molecule has 0 aromatic carbocycles. The van der Waals surface area contributed by atoms with Crippen LogP contribution in [0.15, 0.2) is 6.20 Å². The van der Waals surface area contributed by atoms with E-state index in [9.17, 15) is 4.79 Å². The lowest BCUT2D eigenvalue weighted by atomic mass is 10.3. The molecule has 102 valence electrons. The number of carbonyl (C=O) groups excluding carboxylic acids is 1. The highest BCUT2D eigenvalue weighted by Crippen LogP contribution is 2.08. The number of amides is 1. The average Bonchev–Trinajstić information content (AvgIpc) is 2.69. The summed E-state index contributed by atoms with van der Waals surface area (Å²) in [6.45, 7) is 8.00. The molecule has 0 radical (unpaired) electrons. The quantitative estimate of drug-likeness (QED) is 0.692. The van der Waals surface area contributed by atoms with Crippen molar-refractivity contribution in [3.63, 3.8) is 0 Å². The Morgan fingerprint density at radius 1 is 1.50 bits per heavy atom. The van der Waals surface area contributed by atoms with E-state index < -0.39 is 0 Å². The third-order valence-corrected chi connectivity index (χ3v) is 3.01. The molecule has 0 aliphatic heterocycles. The van der Waals surface area contributed by atoms with Gasteiger partial charge in [-0.1, -0.05) is 13.8 Å². The summed E-state index contributed by atoms with van der Waals surface area (Å²) in [6, 6.07) is 0. The van der Waals surface area contributed by atoms with Gasteiger partial charge in [-0.2, -0.15) is 5.10 Å². The van der Waals surface area contributed by atoms with Gasteiger partial charge in [0.2, 0.25) is 0 Å². The number of nitrogens with one attached hydrogen (secondary N) is 1. The molecule has 0 spiro atoms. The van der Waals surface area contributed by atoms with Gasteiger partial charge in [0.05, 0.1) is 11.9 Å². The van der Waals surface area contributed by atoms with E-state index in [1.807, 2.05) is 0 Å². The smallest absolute Gasteiger partial charge is 0.271 e. The molecule has 6 nitrogen and oxygen atoms in total. The van der Waals surface area contributed by atoms with Crippen molar-refractivity contribution in [3.8, 4) is 0 Å². The molecule has 0 unspecified atom stereocenters. The van der Waals surface area contributed by atoms with E-state index in [2.05, 4.69) is 29.2 Å². The van der Waals surface area contributed by atoms with E-state index >= 15 is 0 Å². The van der Waals surface area contributed by atoms with Crippen molar-refractivity contribution in [1.82, 2.24) is 20.0 Å². The van der Waals surface area contributed by atoms with E-state index in [1.165, 1.54) is 10.9 Å². The standard InChI is InChI=1S/C12H23N5O/c1-4-17(5-2)8-6-7-14-12(18)11-10(13)9-15-16(11)3/h9H,4-8,13H2,1-3H3,(H,14,18). The summed E-state index contributed by atoms with van der Waals surface area (Å²) in [6.07, 6.45) is 2.43. The lowest BCUT2D eigenvalue weighted by Gasteiger charge is -2.17. The first-order valence-corrected chi connectivity index (χ1v) is 6.38. The van der Waals surface area contributed by atoms with Crippen LogP contribution in [0.4, 0.5) is 5.69 Å². The van der Waals surface area contributed by atoms with Gasteiger partial charge < -0.3 is 16.0 Å². The number of aryl methyl sites for hydroxylation is 1. The second kappa shape index (κ2) is 7.00. The first-order chi connectivity index (χ1) is 8.60. The van der Waals surface area contributed by atoms with Crippen molar-refractivity contribution >= 4 is 11.6 Å². The maximum Gasteiger partial charge on any atom is 0.271 e. The second-order valence-corrected chi connectivity index (χ2v) is 4.21. The Labute approximate surface area is 108 Å². The number of aromatic nitrogens is 2. The Hall–Kier alpha value is -1.56. The number of hydrogen-bond acceptors (Lipinski definition) is 4. The van der Waals surface area contributed by atoms with Crippen molar-refractivity contribution < 1.29 is 4.79 Å². The van der Waals surface area contributed by atoms with Crippen LogP contribution in [0.2, 0.25) is 0 Å². The van der Waals surface area contributed by atoms with Gasteiger partial charge >= 0.3 is 0 Å². The van der Waals surface area contributed by atoms with Crippen LogP contribution in [0.3, 0.4) is 0 Å². The van der Waals surface area contributed by atoms with Crippen molar-refractivity contribution in [2.45, 2.75) is 20.3 Å². The maximum atomic E-state index is 11.9. The summed E-state index contributed by atoms with van der Waals surface area (Å²) in [4.78, 5) is 14.2. The molecule has 1 aromatic rings. The minimum Gasteiger partial charge on any atom is -0.396 e. The van der Waals surface area contributed by atoms with Crippen molar-refractivity contribution in [2.75, 3.05) is 31.9 Å². The Balaban J connectivity index is 2.34. The minimum atomic E-state index is -0.160. The van der Waals surface area contributed by atoms with Crippen LogP contribution in [-0.4, -0.2) is 46.8 Å². The maximum absolute atomic E-state index is 11.9. The molecule has 1 rings (SSSR count). The van der Waals surface area contributed by atoms with Crippen LogP contribution in [0.25, 0.3) is 0 Å². The normalized spacial score (nSPS) is 10.9. The van der Waals surface area contributed by atoms with Crippen LogP contribution >= 0.6 is 0 Å². The molecule has 0 saturated carbocycles. The fourth-order valence-electron chi connectivity index (χ4n) is 1.86. The monoisotopic (exact) mass is 253 g/mol. The molecule has 18 heavy (non-hydrogen) atoms. The first-order valence-electron chi connectivity index (χ1n) is 6.38. The van der Waals surface area contributed by atoms with E-state index in [1.54, 1.807) is 7.05 Å². The zero-order valence-corrected chi connectivity index (χ0v) is 11.4. The summed E-state index contributed by atoms with van der Waals surface area (Å²) in [5.41, 5.74) is 6.53. The molecule has 0 bridgehead atoms. The third kappa shape index (κ3) is 3.73. The largest absolute Gasteiger partial charge is 0.396 e. The SMILES string of the molecule is CCN(CC)CCCNC(=O)c1c(N)cnn1C. The number of nitrogens with two attached hydrogens (primary N) is 1. The number of nitrogen functional groups attached to an aromatic ring is 1. The van der Waals surface area contributed by atoms with Gasteiger partial charge in [0.1, 0.15) is 5.69 Å². The number of carbonyl (C=O) groups is 1. The molecule has 6 heteroatoms. The molecule has 1 heterocycles. The first kappa shape index (κ1) is 14.5. The van der Waals surface area contributed by atoms with Crippen LogP contribution in [0, 0.1) is 0 Å². The predicted molar refractivity (Wildman–Crippen MR) is 72.4 cm³/mol. The zero-order valence-electron chi connectivity index (χ0n) is 11.4. The molecule has 0 aliphatic carbocycles. The van der Waals surface area contributed by atoms with E-state index in [4.69, 9.17) is 5.73 Å². The molecule has 0 fully saturated rings. The average molecular weight is 253 g/mol. The summed E-state index contributed by atoms with van der Waals surface area (Å²) in [7, 11) is 1.71. The van der Waals surface area contributed by atoms with Gasteiger partial charge in [-0.15, -0.1) is 0 Å². The number of hydrogen-bond donors (Lipinski definition) is 2. The lowest BCUT2D eigenvalue weighted by molar-refractivity contribution is 0.0943. The number of anilines is 1. The molecular formula is C12H23N5O.